The maximum absolute atomic E-state index is 13.0. The van der Waals surface area contributed by atoms with E-state index >= 15 is 0 Å². The average Bonchev–Trinajstić information content (AvgIpc) is 2.68. The number of carboxylic acid groups (broad SMARTS) is 1. The van der Waals surface area contributed by atoms with Gasteiger partial charge in [-0.05, 0) is 62.4 Å². The molecule has 2 aromatic rings. The van der Waals surface area contributed by atoms with Crippen LogP contribution in [0.4, 0.5) is 4.39 Å². The van der Waals surface area contributed by atoms with Crippen LogP contribution in [-0.2, 0) is 19.6 Å². The number of ether oxygens (including phenoxy) is 1. The number of aliphatic carboxylic acids is 1. The summed E-state index contributed by atoms with van der Waals surface area (Å²) in [6.07, 6.45) is 0. The number of hydrogen-bond acceptors (Lipinski definition) is 7. The van der Waals surface area contributed by atoms with E-state index in [4.69, 9.17) is 15.6 Å². The van der Waals surface area contributed by atoms with Crippen LogP contribution in [0.2, 0.25) is 0 Å². The van der Waals surface area contributed by atoms with E-state index < -0.39 is 44.3 Å². The van der Waals surface area contributed by atoms with Crippen molar-refractivity contribution in [1.82, 2.24) is 4.47 Å². The molecular weight excluding hydrogens is 451 g/mol. The Balaban J connectivity index is 2.26. The number of halogens is 1. The van der Waals surface area contributed by atoms with E-state index in [9.17, 15) is 27.6 Å². The number of rotatable bonds is 10. The van der Waals surface area contributed by atoms with Gasteiger partial charge in [0.05, 0.1) is 10.6 Å². The van der Waals surface area contributed by atoms with Gasteiger partial charge in [-0.1, -0.05) is 4.47 Å². The van der Waals surface area contributed by atoms with Crippen LogP contribution >= 0.6 is 11.8 Å². The summed E-state index contributed by atoms with van der Waals surface area (Å²) < 4.78 is 42.6. The third-order valence-electron chi connectivity index (χ3n) is 4.13. The first kappa shape index (κ1) is 24.6. The Morgan fingerprint density at radius 1 is 1.13 bits per heavy atom. The fraction of sp³-hybridized carbons (Fsp3) is 0.263. The summed E-state index contributed by atoms with van der Waals surface area (Å²) in [5.41, 5.74) is 5.31. The smallest absolute Gasteiger partial charge is 0.313 e. The minimum absolute atomic E-state index is 0.153. The number of carboxylic acids is 1. The minimum atomic E-state index is -4.58. The van der Waals surface area contributed by atoms with Crippen LogP contribution in [-0.4, -0.2) is 51.6 Å². The minimum Gasteiger partial charge on any atom is -0.481 e. The topological polar surface area (TPSA) is 147 Å². The molecule has 31 heavy (non-hydrogen) atoms. The molecule has 0 radical (unpaired) electrons. The zero-order valence-electron chi connectivity index (χ0n) is 16.6. The number of amides is 1. The van der Waals surface area contributed by atoms with Crippen molar-refractivity contribution in [3.8, 4) is 11.5 Å². The molecule has 0 saturated carbocycles. The van der Waals surface area contributed by atoms with E-state index in [0.29, 0.717) is 5.75 Å². The monoisotopic (exact) mass is 472 g/mol. The second-order valence-corrected chi connectivity index (χ2v) is 10.3. The Hall–Kier alpha value is -2.67. The molecule has 168 valence electrons. The van der Waals surface area contributed by atoms with Gasteiger partial charge in [-0.15, -0.1) is 11.8 Å². The van der Waals surface area contributed by atoms with E-state index in [1.165, 1.54) is 50.2 Å². The molecule has 0 aromatic heterocycles. The molecule has 4 N–H and O–H groups in total. The van der Waals surface area contributed by atoms with Gasteiger partial charge >= 0.3 is 5.97 Å². The molecule has 0 aliphatic heterocycles. The third kappa shape index (κ3) is 6.17. The zero-order chi connectivity index (χ0) is 23.4. The SMILES string of the molecule is CC(C)(SCC(=O)O)[C@H](C(N)=O)N(O)S(=O)(=O)c1ccc(Oc2ccc(F)cc2)cc1. The zero-order valence-corrected chi connectivity index (χ0v) is 18.2. The summed E-state index contributed by atoms with van der Waals surface area (Å²) in [6.45, 7) is 2.79. The van der Waals surface area contributed by atoms with Crippen molar-refractivity contribution >= 4 is 33.7 Å². The molecule has 0 fully saturated rings. The predicted octanol–water partition coefficient (Wildman–Crippen LogP) is 2.45. The normalized spacial score (nSPS) is 13.1. The lowest BCUT2D eigenvalue weighted by molar-refractivity contribution is -0.135. The van der Waals surface area contributed by atoms with Crippen LogP contribution in [0.25, 0.3) is 0 Å². The van der Waals surface area contributed by atoms with E-state index in [1.807, 2.05) is 0 Å². The van der Waals surface area contributed by atoms with Crippen LogP contribution in [0.5, 0.6) is 11.5 Å². The third-order valence-corrected chi connectivity index (χ3v) is 7.06. The highest BCUT2D eigenvalue weighted by molar-refractivity contribution is 8.01. The van der Waals surface area contributed by atoms with Gasteiger partial charge in [0.25, 0.3) is 10.0 Å². The molecular formula is C19H21FN2O7S2. The lowest BCUT2D eigenvalue weighted by Crippen LogP contribution is -2.56. The Morgan fingerprint density at radius 3 is 2.06 bits per heavy atom. The number of carbonyl (C=O) groups excluding carboxylic acids is 1. The number of carbonyl (C=O) groups is 2. The summed E-state index contributed by atoms with van der Waals surface area (Å²) in [5.74, 6) is -2.62. The number of nitrogens with two attached hydrogens (primary N) is 1. The summed E-state index contributed by atoms with van der Waals surface area (Å²) in [7, 11) is -4.58. The number of thioether (sulfide) groups is 1. The maximum Gasteiger partial charge on any atom is 0.313 e. The van der Waals surface area contributed by atoms with Crippen molar-refractivity contribution in [2.45, 2.75) is 29.5 Å². The molecule has 1 amide bonds. The fourth-order valence-electron chi connectivity index (χ4n) is 2.61. The summed E-state index contributed by atoms with van der Waals surface area (Å²) in [6, 6.07) is 8.36. The molecule has 0 unspecified atom stereocenters. The van der Waals surface area contributed by atoms with Crippen LogP contribution in [0.1, 0.15) is 13.8 Å². The van der Waals surface area contributed by atoms with Gasteiger partial charge in [0, 0.05) is 4.75 Å². The lowest BCUT2D eigenvalue weighted by atomic mass is 10.0. The lowest BCUT2D eigenvalue weighted by Gasteiger charge is -2.35. The molecule has 9 nitrogen and oxygen atoms in total. The molecule has 0 aliphatic rings. The first-order valence-corrected chi connectivity index (χ1v) is 11.2. The largest absolute Gasteiger partial charge is 0.481 e. The highest BCUT2D eigenvalue weighted by atomic mass is 32.2. The molecule has 0 saturated heterocycles. The number of nitrogens with zero attached hydrogens (tertiary/aromatic N) is 1. The quantitative estimate of drug-likeness (QED) is 0.447. The fourth-order valence-corrected chi connectivity index (χ4v) is 4.89. The van der Waals surface area contributed by atoms with Gasteiger partial charge in [0.1, 0.15) is 23.4 Å². The Kier molecular flexibility index (Phi) is 7.65. The van der Waals surface area contributed by atoms with Gasteiger partial charge in [0.15, 0.2) is 0 Å². The molecule has 0 bridgehead atoms. The van der Waals surface area contributed by atoms with Gasteiger partial charge in [-0.3, -0.25) is 14.8 Å². The summed E-state index contributed by atoms with van der Waals surface area (Å²) in [4.78, 5) is 22.4. The Bertz CT molecular complexity index is 1040. The van der Waals surface area contributed by atoms with E-state index in [0.717, 1.165) is 23.9 Å². The van der Waals surface area contributed by atoms with Gasteiger partial charge in [0.2, 0.25) is 5.91 Å². The summed E-state index contributed by atoms with van der Waals surface area (Å²) >= 11 is 0.754. The first-order valence-electron chi connectivity index (χ1n) is 8.76. The molecule has 2 aromatic carbocycles. The molecule has 12 heteroatoms. The second-order valence-electron chi connectivity index (χ2n) is 6.90. The maximum atomic E-state index is 13.0. The molecule has 1 atom stereocenters. The Labute approximate surface area is 182 Å². The molecule has 2 rings (SSSR count). The van der Waals surface area contributed by atoms with Crippen molar-refractivity contribution < 1.29 is 37.4 Å². The first-order chi connectivity index (χ1) is 14.3. The number of hydrogen-bond donors (Lipinski definition) is 3. The standard InChI is InChI=1S/C19H21FN2O7S2/c1-19(2,30-11-16(23)24)17(18(21)25)22(26)31(27,28)15-9-7-14(8-10-15)29-13-5-3-12(20)4-6-13/h3-10,17,26H,11H2,1-2H3,(H2,21,25)(H,23,24)/t17-/m0/s1. The highest BCUT2D eigenvalue weighted by Crippen LogP contribution is 2.33. The van der Waals surface area contributed by atoms with Gasteiger partial charge < -0.3 is 15.6 Å². The van der Waals surface area contributed by atoms with Crippen molar-refractivity contribution in [3.63, 3.8) is 0 Å². The number of sulfonamides is 1. The van der Waals surface area contributed by atoms with E-state index in [2.05, 4.69) is 0 Å². The molecule has 0 aliphatic carbocycles. The Morgan fingerprint density at radius 2 is 1.61 bits per heavy atom. The number of primary amides is 1. The van der Waals surface area contributed by atoms with Crippen LogP contribution in [0.15, 0.2) is 53.4 Å². The van der Waals surface area contributed by atoms with E-state index in [1.54, 1.807) is 0 Å². The van der Waals surface area contributed by atoms with Gasteiger partial charge in [-0.2, -0.15) is 0 Å². The van der Waals surface area contributed by atoms with E-state index in [-0.39, 0.29) is 15.1 Å². The average molecular weight is 473 g/mol. The number of benzene rings is 2. The predicted molar refractivity (Wildman–Crippen MR) is 111 cm³/mol. The highest BCUT2D eigenvalue weighted by Gasteiger charge is 2.44. The molecule has 0 spiro atoms. The van der Waals surface area contributed by atoms with Crippen molar-refractivity contribution in [3.05, 3.63) is 54.3 Å². The number of hydroxylamine groups is 1. The van der Waals surface area contributed by atoms with Crippen molar-refractivity contribution in [2.24, 2.45) is 5.73 Å². The van der Waals surface area contributed by atoms with Crippen molar-refractivity contribution in [1.29, 1.82) is 0 Å². The van der Waals surface area contributed by atoms with Crippen LogP contribution in [0, 0.1) is 5.82 Å². The van der Waals surface area contributed by atoms with Crippen LogP contribution in [0.3, 0.4) is 0 Å². The van der Waals surface area contributed by atoms with Crippen molar-refractivity contribution in [2.75, 3.05) is 5.75 Å². The second kappa shape index (κ2) is 9.64. The summed E-state index contributed by atoms with van der Waals surface area (Å²) in [5, 5.41) is 19.3. The molecule has 0 heterocycles. The van der Waals surface area contributed by atoms with Gasteiger partial charge in [-0.25, -0.2) is 12.8 Å². The van der Waals surface area contributed by atoms with Crippen LogP contribution < -0.4 is 10.5 Å².